The van der Waals surface area contributed by atoms with Crippen molar-refractivity contribution in [2.24, 2.45) is 5.92 Å². The summed E-state index contributed by atoms with van der Waals surface area (Å²) in [5.74, 6) is 1.69. The van der Waals surface area contributed by atoms with Gasteiger partial charge in [-0.25, -0.2) is 4.98 Å². The maximum atomic E-state index is 13.5. The zero-order valence-electron chi connectivity index (χ0n) is 23.8. The van der Waals surface area contributed by atoms with Gasteiger partial charge >= 0.3 is 0 Å². The van der Waals surface area contributed by atoms with Crippen LogP contribution in [0, 0.1) is 5.92 Å². The normalized spacial score (nSPS) is 19.6. The first kappa shape index (κ1) is 28.6. The van der Waals surface area contributed by atoms with Gasteiger partial charge in [-0.1, -0.05) is 32.8 Å². The van der Waals surface area contributed by atoms with Gasteiger partial charge in [-0.3, -0.25) is 9.69 Å². The molecule has 1 aliphatic carbocycles. The first-order valence-corrected chi connectivity index (χ1v) is 14.8. The summed E-state index contributed by atoms with van der Waals surface area (Å²) in [6.45, 7) is 12.2. The average Bonchev–Trinajstić information content (AvgIpc) is 3.17. The van der Waals surface area contributed by atoms with E-state index in [-0.39, 0.29) is 18.1 Å². The van der Waals surface area contributed by atoms with Gasteiger partial charge in [0.2, 0.25) is 0 Å². The Kier molecular flexibility index (Phi) is 10.6. The molecule has 1 aromatic carbocycles. The number of carbonyl (C=O) groups is 1. The molecule has 2 fully saturated rings. The van der Waals surface area contributed by atoms with Gasteiger partial charge in [-0.15, -0.1) is 0 Å². The van der Waals surface area contributed by atoms with E-state index in [0.717, 1.165) is 49.9 Å². The predicted octanol–water partition coefficient (Wildman–Crippen LogP) is 5.99. The van der Waals surface area contributed by atoms with Crippen molar-refractivity contribution in [3.05, 3.63) is 30.0 Å². The van der Waals surface area contributed by atoms with Gasteiger partial charge in [-0.05, 0) is 77.0 Å². The van der Waals surface area contributed by atoms with Crippen LogP contribution in [0.3, 0.4) is 0 Å². The molecule has 2 heterocycles. The van der Waals surface area contributed by atoms with Crippen LogP contribution in [0.5, 0.6) is 11.5 Å². The molecule has 1 atom stereocenters. The standard InChI is InChI=1S/C31H47N3O4/c1-22(2)21-36-17-18-37-29-19-27(31(35)32-24-11-10-16-34(20-24)23(3)4)33-30-26(29)14-9-15-28(30)38-25-12-7-5-6-8-13-25/h9,14-15,19,22-25H,5-8,10-13,16-18,20-21H2,1-4H3,(H,32,35)/t24-/m1/s1. The zero-order valence-corrected chi connectivity index (χ0v) is 23.8. The minimum Gasteiger partial charge on any atom is -0.490 e. The molecule has 0 bridgehead atoms. The highest BCUT2D eigenvalue weighted by molar-refractivity contribution is 5.98. The molecule has 1 N–H and O–H groups in total. The lowest BCUT2D eigenvalue weighted by Gasteiger charge is -2.35. The second-order valence-corrected chi connectivity index (χ2v) is 11.6. The van der Waals surface area contributed by atoms with Crippen molar-refractivity contribution >= 4 is 16.8 Å². The van der Waals surface area contributed by atoms with Crippen molar-refractivity contribution in [3.8, 4) is 11.5 Å². The Morgan fingerprint density at radius 3 is 2.55 bits per heavy atom. The summed E-state index contributed by atoms with van der Waals surface area (Å²) in [6, 6.07) is 8.31. The predicted molar refractivity (Wildman–Crippen MR) is 152 cm³/mol. The number of carbonyl (C=O) groups excluding carboxylic acids is 1. The van der Waals surface area contributed by atoms with E-state index in [2.05, 4.69) is 37.9 Å². The molecule has 1 aromatic heterocycles. The summed E-state index contributed by atoms with van der Waals surface area (Å²) < 4.78 is 18.4. The fraction of sp³-hybridized carbons (Fsp3) is 0.677. The fourth-order valence-corrected chi connectivity index (χ4v) is 5.44. The molecule has 0 spiro atoms. The number of likely N-dealkylation sites (tertiary alicyclic amines) is 1. The van der Waals surface area contributed by atoms with Crippen LogP contribution in [0.1, 0.15) is 89.5 Å². The Morgan fingerprint density at radius 1 is 1.03 bits per heavy atom. The number of fused-ring (bicyclic) bond motifs is 1. The molecule has 2 aromatic rings. The Labute approximate surface area is 228 Å². The van der Waals surface area contributed by atoms with Gasteiger partial charge in [0.25, 0.3) is 5.91 Å². The topological polar surface area (TPSA) is 72.9 Å². The third-order valence-electron chi connectivity index (χ3n) is 7.55. The SMILES string of the molecule is CC(C)COCCOc1cc(C(=O)N[C@@H]2CCCN(C(C)C)C2)nc2c(OC3CCCCCC3)cccc12. The van der Waals surface area contributed by atoms with Crippen molar-refractivity contribution in [2.45, 2.75) is 97.2 Å². The Bertz CT molecular complexity index is 1030. The number of para-hydroxylation sites is 1. The third-order valence-corrected chi connectivity index (χ3v) is 7.55. The molecular formula is C31H47N3O4. The van der Waals surface area contributed by atoms with Crippen LogP contribution >= 0.6 is 0 Å². The van der Waals surface area contributed by atoms with Crippen molar-refractivity contribution in [1.29, 1.82) is 0 Å². The number of ether oxygens (including phenoxy) is 3. The van der Waals surface area contributed by atoms with Gasteiger partial charge in [0.15, 0.2) is 0 Å². The van der Waals surface area contributed by atoms with Crippen LogP contribution in [0.4, 0.5) is 0 Å². The number of nitrogens with one attached hydrogen (secondary N) is 1. The molecular weight excluding hydrogens is 478 g/mol. The van der Waals surface area contributed by atoms with Gasteiger partial charge in [-0.2, -0.15) is 0 Å². The minimum absolute atomic E-state index is 0.113. The van der Waals surface area contributed by atoms with E-state index in [1.165, 1.54) is 25.7 Å². The Balaban J connectivity index is 1.57. The Morgan fingerprint density at radius 2 is 1.82 bits per heavy atom. The van der Waals surface area contributed by atoms with E-state index >= 15 is 0 Å². The quantitative estimate of drug-likeness (QED) is 0.287. The number of benzene rings is 1. The highest BCUT2D eigenvalue weighted by Gasteiger charge is 2.25. The summed E-state index contributed by atoms with van der Waals surface area (Å²) in [5, 5.41) is 4.11. The van der Waals surface area contributed by atoms with Crippen LogP contribution in [-0.4, -0.2) is 66.9 Å². The van der Waals surface area contributed by atoms with Crippen LogP contribution < -0.4 is 14.8 Å². The van der Waals surface area contributed by atoms with Crippen molar-refractivity contribution in [2.75, 3.05) is 32.9 Å². The lowest BCUT2D eigenvalue weighted by Crippen LogP contribution is -2.49. The maximum absolute atomic E-state index is 13.5. The summed E-state index contributed by atoms with van der Waals surface area (Å²) in [6.07, 6.45) is 9.27. The van der Waals surface area contributed by atoms with Crippen molar-refractivity contribution in [1.82, 2.24) is 15.2 Å². The average molecular weight is 526 g/mol. The summed E-state index contributed by atoms with van der Waals surface area (Å²) >= 11 is 0. The fourth-order valence-electron chi connectivity index (χ4n) is 5.44. The van der Waals surface area contributed by atoms with Crippen LogP contribution in [0.15, 0.2) is 24.3 Å². The van der Waals surface area contributed by atoms with E-state index in [9.17, 15) is 4.79 Å². The van der Waals surface area contributed by atoms with Gasteiger partial charge in [0.05, 0.1) is 12.7 Å². The molecule has 0 radical (unpaired) electrons. The Hall–Kier alpha value is -2.38. The number of pyridine rings is 1. The first-order chi connectivity index (χ1) is 18.4. The van der Waals surface area contributed by atoms with E-state index in [4.69, 9.17) is 19.2 Å². The highest BCUT2D eigenvalue weighted by Crippen LogP contribution is 2.34. The molecule has 210 valence electrons. The third kappa shape index (κ3) is 8.06. The largest absolute Gasteiger partial charge is 0.490 e. The molecule has 7 nitrogen and oxygen atoms in total. The molecule has 1 saturated carbocycles. The van der Waals surface area contributed by atoms with E-state index in [0.29, 0.717) is 48.7 Å². The molecule has 38 heavy (non-hydrogen) atoms. The molecule has 1 amide bonds. The van der Waals surface area contributed by atoms with Crippen LogP contribution in [-0.2, 0) is 4.74 Å². The molecule has 1 saturated heterocycles. The van der Waals surface area contributed by atoms with Gasteiger partial charge in [0.1, 0.15) is 29.3 Å². The summed E-state index contributed by atoms with van der Waals surface area (Å²) in [7, 11) is 0. The van der Waals surface area contributed by atoms with E-state index < -0.39 is 0 Å². The maximum Gasteiger partial charge on any atom is 0.270 e. The van der Waals surface area contributed by atoms with Gasteiger partial charge < -0.3 is 19.5 Å². The molecule has 7 heteroatoms. The zero-order chi connectivity index (χ0) is 26.9. The van der Waals surface area contributed by atoms with Crippen molar-refractivity contribution < 1.29 is 19.0 Å². The number of hydrogen-bond donors (Lipinski definition) is 1. The van der Waals surface area contributed by atoms with Crippen LogP contribution in [0.2, 0.25) is 0 Å². The molecule has 4 rings (SSSR count). The number of rotatable bonds is 11. The molecule has 2 aliphatic rings. The second kappa shape index (κ2) is 14.1. The number of amides is 1. The number of nitrogens with zero attached hydrogens (tertiary/aromatic N) is 2. The lowest BCUT2D eigenvalue weighted by molar-refractivity contribution is 0.0820. The van der Waals surface area contributed by atoms with Crippen LogP contribution in [0.25, 0.3) is 10.9 Å². The molecule has 0 unspecified atom stereocenters. The number of aromatic nitrogens is 1. The van der Waals surface area contributed by atoms with E-state index in [1.54, 1.807) is 6.07 Å². The monoisotopic (exact) mass is 525 g/mol. The van der Waals surface area contributed by atoms with E-state index in [1.807, 2.05) is 18.2 Å². The minimum atomic E-state index is -0.160. The van der Waals surface area contributed by atoms with Gasteiger partial charge in [0, 0.05) is 36.7 Å². The summed E-state index contributed by atoms with van der Waals surface area (Å²) in [5.41, 5.74) is 1.06. The smallest absolute Gasteiger partial charge is 0.270 e. The summed E-state index contributed by atoms with van der Waals surface area (Å²) in [4.78, 5) is 20.7. The number of hydrogen-bond acceptors (Lipinski definition) is 6. The lowest BCUT2D eigenvalue weighted by atomic mass is 10.0. The second-order valence-electron chi connectivity index (χ2n) is 11.6. The molecule has 1 aliphatic heterocycles. The highest BCUT2D eigenvalue weighted by atomic mass is 16.5. The first-order valence-electron chi connectivity index (χ1n) is 14.8. The van der Waals surface area contributed by atoms with Crippen molar-refractivity contribution in [3.63, 3.8) is 0 Å². The number of piperidine rings is 1.